The Hall–Kier alpha value is -1.82. The van der Waals surface area contributed by atoms with Crippen LogP contribution in [0.2, 0.25) is 0 Å². The van der Waals surface area contributed by atoms with Crippen LogP contribution in [-0.2, 0) is 14.3 Å². The minimum atomic E-state index is -0.292. The molecule has 0 radical (unpaired) electrons. The summed E-state index contributed by atoms with van der Waals surface area (Å²) in [6, 6.07) is 3.22. The zero-order valence-electron chi connectivity index (χ0n) is 10.3. The first kappa shape index (κ1) is 14.2. The molecule has 1 rings (SSSR count). The molecule has 0 saturated heterocycles. The summed E-state index contributed by atoms with van der Waals surface area (Å²) in [6.45, 7) is 1.05. The van der Waals surface area contributed by atoms with Crippen molar-refractivity contribution >= 4 is 11.9 Å². The molecule has 0 bridgehead atoms. The van der Waals surface area contributed by atoms with Gasteiger partial charge in [-0.3, -0.25) is 9.59 Å². The molecule has 0 fully saturated rings. The van der Waals surface area contributed by atoms with Gasteiger partial charge in [-0.15, -0.1) is 0 Å². The number of methoxy groups -OCH3 is 1. The van der Waals surface area contributed by atoms with Crippen molar-refractivity contribution < 1.29 is 23.5 Å². The second kappa shape index (κ2) is 8.30. The van der Waals surface area contributed by atoms with Gasteiger partial charge < -0.3 is 19.2 Å². The summed E-state index contributed by atoms with van der Waals surface area (Å²) < 4.78 is 14.5. The first-order valence-electron chi connectivity index (χ1n) is 5.70. The van der Waals surface area contributed by atoms with E-state index < -0.39 is 0 Å². The molecule has 0 aliphatic heterocycles. The molecule has 0 saturated carbocycles. The fraction of sp³-hybridized carbons (Fsp3) is 0.500. The molecule has 1 amide bonds. The third-order valence-corrected chi connectivity index (χ3v) is 2.14. The van der Waals surface area contributed by atoms with E-state index in [0.29, 0.717) is 19.6 Å². The van der Waals surface area contributed by atoms with E-state index in [1.54, 1.807) is 12.1 Å². The monoisotopic (exact) mass is 255 g/mol. The van der Waals surface area contributed by atoms with Crippen LogP contribution in [0, 0.1) is 0 Å². The number of amides is 1. The Morgan fingerprint density at radius 1 is 1.39 bits per heavy atom. The van der Waals surface area contributed by atoms with Crippen molar-refractivity contribution in [2.45, 2.75) is 12.8 Å². The molecule has 100 valence electrons. The first-order chi connectivity index (χ1) is 8.74. The summed E-state index contributed by atoms with van der Waals surface area (Å²) in [7, 11) is 1.54. The van der Waals surface area contributed by atoms with E-state index in [4.69, 9.17) is 13.9 Å². The van der Waals surface area contributed by atoms with Crippen LogP contribution in [0.4, 0.5) is 0 Å². The molecule has 0 atom stereocenters. The standard InChI is InChI=1S/C12H17NO5/c1-16-8-9-18-11(14)5-2-6-13-12(15)10-4-3-7-17-10/h3-4,7H,2,5-6,8-9H2,1H3,(H,13,15). The minimum Gasteiger partial charge on any atom is -0.463 e. The van der Waals surface area contributed by atoms with E-state index in [-0.39, 0.29) is 30.7 Å². The number of carbonyl (C=O) groups excluding carboxylic acids is 2. The van der Waals surface area contributed by atoms with Crippen LogP contribution >= 0.6 is 0 Å². The predicted molar refractivity (Wildman–Crippen MR) is 63.1 cm³/mol. The highest BCUT2D eigenvalue weighted by Gasteiger charge is 2.08. The number of hydrogen-bond acceptors (Lipinski definition) is 5. The summed E-state index contributed by atoms with van der Waals surface area (Å²) in [6.07, 6.45) is 2.22. The average Bonchev–Trinajstić information content (AvgIpc) is 2.88. The topological polar surface area (TPSA) is 77.8 Å². The number of nitrogens with one attached hydrogen (secondary N) is 1. The van der Waals surface area contributed by atoms with Gasteiger partial charge in [0.25, 0.3) is 5.91 Å². The lowest BCUT2D eigenvalue weighted by Gasteiger charge is -2.04. The SMILES string of the molecule is COCCOC(=O)CCCNC(=O)c1ccco1. The van der Waals surface area contributed by atoms with Gasteiger partial charge in [0.1, 0.15) is 6.61 Å². The smallest absolute Gasteiger partial charge is 0.305 e. The van der Waals surface area contributed by atoms with E-state index in [2.05, 4.69) is 5.32 Å². The van der Waals surface area contributed by atoms with Crippen molar-refractivity contribution in [2.75, 3.05) is 26.9 Å². The zero-order valence-corrected chi connectivity index (χ0v) is 10.3. The number of hydrogen-bond donors (Lipinski definition) is 1. The lowest BCUT2D eigenvalue weighted by atomic mass is 10.3. The van der Waals surface area contributed by atoms with Crippen LogP contribution in [-0.4, -0.2) is 38.7 Å². The molecular weight excluding hydrogens is 238 g/mol. The van der Waals surface area contributed by atoms with Crippen LogP contribution in [0.15, 0.2) is 22.8 Å². The number of esters is 1. The van der Waals surface area contributed by atoms with Crippen LogP contribution in [0.5, 0.6) is 0 Å². The second-order valence-corrected chi connectivity index (χ2v) is 3.55. The van der Waals surface area contributed by atoms with Crippen LogP contribution in [0.3, 0.4) is 0 Å². The molecular formula is C12H17NO5. The first-order valence-corrected chi connectivity index (χ1v) is 5.70. The van der Waals surface area contributed by atoms with Crippen molar-refractivity contribution in [3.63, 3.8) is 0 Å². The summed E-state index contributed by atoms with van der Waals surface area (Å²) in [5, 5.41) is 2.64. The summed E-state index contributed by atoms with van der Waals surface area (Å²) in [5.74, 6) is -0.315. The molecule has 0 aromatic carbocycles. The molecule has 0 aliphatic carbocycles. The van der Waals surface area contributed by atoms with Crippen molar-refractivity contribution in [2.24, 2.45) is 0 Å². The highest BCUT2D eigenvalue weighted by molar-refractivity contribution is 5.91. The highest BCUT2D eigenvalue weighted by atomic mass is 16.6. The van der Waals surface area contributed by atoms with Gasteiger partial charge in [0.2, 0.25) is 0 Å². The lowest BCUT2D eigenvalue weighted by Crippen LogP contribution is -2.24. The van der Waals surface area contributed by atoms with Gasteiger partial charge in [-0.1, -0.05) is 0 Å². The van der Waals surface area contributed by atoms with E-state index in [1.807, 2.05) is 0 Å². The van der Waals surface area contributed by atoms with Crippen LogP contribution in [0.1, 0.15) is 23.4 Å². The zero-order chi connectivity index (χ0) is 13.2. The van der Waals surface area contributed by atoms with Gasteiger partial charge in [-0.05, 0) is 18.6 Å². The van der Waals surface area contributed by atoms with Crippen molar-refractivity contribution in [1.82, 2.24) is 5.32 Å². The van der Waals surface area contributed by atoms with Gasteiger partial charge in [-0.25, -0.2) is 0 Å². The fourth-order valence-electron chi connectivity index (χ4n) is 1.24. The van der Waals surface area contributed by atoms with Crippen molar-refractivity contribution in [1.29, 1.82) is 0 Å². The molecule has 1 aromatic heterocycles. The number of furan rings is 1. The Bertz CT molecular complexity index is 361. The maximum absolute atomic E-state index is 11.4. The van der Waals surface area contributed by atoms with Crippen molar-refractivity contribution in [3.8, 4) is 0 Å². The Balaban J connectivity index is 2.04. The summed E-state index contributed by atoms with van der Waals surface area (Å²) in [5.41, 5.74) is 0. The van der Waals surface area contributed by atoms with Gasteiger partial charge in [-0.2, -0.15) is 0 Å². The largest absolute Gasteiger partial charge is 0.463 e. The Labute approximate surface area is 105 Å². The van der Waals surface area contributed by atoms with Crippen molar-refractivity contribution in [3.05, 3.63) is 24.2 Å². The molecule has 1 heterocycles. The Kier molecular flexibility index (Phi) is 6.56. The van der Waals surface area contributed by atoms with Gasteiger partial charge in [0, 0.05) is 20.1 Å². The predicted octanol–water partition coefficient (Wildman–Crippen LogP) is 0.979. The summed E-state index contributed by atoms with van der Waals surface area (Å²) in [4.78, 5) is 22.6. The highest BCUT2D eigenvalue weighted by Crippen LogP contribution is 1.99. The maximum atomic E-state index is 11.4. The molecule has 6 nitrogen and oxygen atoms in total. The molecule has 0 aliphatic rings. The normalized spacial score (nSPS) is 10.1. The minimum absolute atomic E-state index is 0.258. The molecule has 1 N–H and O–H groups in total. The van der Waals surface area contributed by atoms with E-state index >= 15 is 0 Å². The average molecular weight is 255 g/mol. The van der Waals surface area contributed by atoms with Gasteiger partial charge in [0.15, 0.2) is 5.76 Å². The fourth-order valence-corrected chi connectivity index (χ4v) is 1.24. The van der Waals surface area contributed by atoms with Gasteiger partial charge >= 0.3 is 5.97 Å². The third-order valence-electron chi connectivity index (χ3n) is 2.14. The van der Waals surface area contributed by atoms with E-state index in [1.165, 1.54) is 13.4 Å². The molecule has 0 unspecified atom stereocenters. The molecule has 0 spiro atoms. The van der Waals surface area contributed by atoms with Gasteiger partial charge in [0.05, 0.1) is 12.9 Å². The molecule has 18 heavy (non-hydrogen) atoms. The Morgan fingerprint density at radius 2 is 2.22 bits per heavy atom. The molecule has 1 aromatic rings. The lowest BCUT2D eigenvalue weighted by molar-refractivity contribution is -0.144. The van der Waals surface area contributed by atoms with E-state index in [0.717, 1.165) is 0 Å². The number of carbonyl (C=O) groups is 2. The van der Waals surface area contributed by atoms with Crippen LogP contribution in [0.25, 0.3) is 0 Å². The van der Waals surface area contributed by atoms with E-state index in [9.17, 15) is 9.59 Å². The quantitative estimate of drug-likeness (QED) is 0.553. The third kappa shape index (κ3) is 5.49. The molecule has 6 heteroatoms. The van der Waals surface area contributed by atoms with Crippen LogP contribution < -0.4 is 5.32 Å². The number of rotatable bonds is 8. The summed E-state index contributed by atoms with van der Waals surface area (Å²) >= 11 is 0. The number of ether oxygens (including phenoxy) is 2. The maximum Gasteiger partial charge on any atom is 0.305 e. The Morgan fingerprint density at radius 3 is 2.89 bits per heavy atom. The second-order valence-electron chi connectivity index (χ2n) is 3.55.